The van der Waals surface area contributed by atoms with Crippen molar-refractivity contribution in [3.05, 3.63) is 46.6 Å². The number of alkyl halides is 3. The second kappa shape index (κ2) is 7.24. The molecule has 0 aliphatic rings. The first-order valence-electron chi connectivity index (χ1n) is 7.69. The molecule has 2 aromatic heterocycles. The third-order valence-electron chi connectivity index (χ3n) is 3.59. The molecule has 2 heterocycles. The molecule has 0 bridgehead atoms. The molecule has 6 nitrogen and oxygen atoms in total. The fourth-order valence-electron chi connectivity index (χ4n) is 2.39. The van der Waals surface area contributed by atoms with E-state index < -0.39 is 41.1 Å². The molecule has 27 heavy (non-hydrogen) atoms. The highest BCUT2D eigenvalue weighted by atomic mass is 32.2. The minimum absolute atomic E-state index is 0.0238. The Hall–Kier alpha value is -2.53. The summed E-state index contributed by atoms with van der Waals surface area (Å²) in [5.74, 6) is -1.54. The standard InChI is InChI=1S/C16H13F4N3O3S/c1-2-27(25)15-22-13-10(5-6-21-13)14(24)23(15)9-3-4-12(11(17)7-9)26-8-16(18,19)20/h3-7,21H,2,8H2,1H3. The van der Waals surface area contributed by atoms with Crippen LogP contribution in [0, 0.1) is 5.82 Å². The summed E-state index contributed by atoms with van der Waals surface area (Å²) in [5.41, 5.74) is -0.371. The van der Waals surface area contributed by atoms with Gasteiger partial charge in [0.05, 0.1) is 11.1 Å². The Kier molecular flexibility index (Phi) is 5.16. The molecule has 0 amide bonds. The van der Waals surface area contributed by atoms with Gasteiger partial charge in [0, 0.05) is 23.4 Å². The van der Waals surface area contributed by atoms with Crippen molar-refractivity contribution in [3.63, 3.8) is 0 Å². The predicted molar refractivity (Wildman–Crippen MR) is 90.1 cm³/mol. The van der Waals surface area contributed by atoms with Crippen LogP contribution in [0.5, 0.6) is 5.75 Å². The lowest BCUT2D eigenvalue weighted by atomic mass is 10.2. The van der Waals surface area contributed by atoms with Crippen LogP contribution in [0.4, 0.5) is 17.6 Å². The number of H-pyrrole nitrogens is 1. The molecular formula is C16H13F4N3O3S. The number of nitrogens with zero attached hydrogens (tertiary/aromatic N) is 2. The van der Waals surface area contributed by atoms with E-state index in [9.17, 15) is 26.9 Å². The molecule has 1 N–H and O–H groups in total. The largest absolute Gasteiger partial charge is 0.609 e. The maximum absolute atomic E-state index is 14.2. The summed E-state index contributed by atoms with van der Waals surface area (Å²) in [4.78, 5) is 19.7. The molecule has 0 aliphatic carbocycles. The van der Waals surface area contributed by atoms with Gasteiger partial charge < -0.3 is 14.3 Å². The molecule has 11 heteroatoms. The van der Waals surface area contributed by atoms with Crippen molar-refractivity contribution in [2.75, 3.05) is 12.4 Å². The number of fused-ring (bicyclic) bond motifs is 1. The number of benzene rings is 1. The van der Waals surface area contributed by atoms with Crippen LogP contribution in [-0.2, 0) is 11.2 Å². The number of aromatic nitrogens is 3. The molecule has 0 aliphatic heterocycles. The van der Waals surface area contributed by atoms with Crippen LogP contribution in [0.2, 0.25) is 0 Å². The molecule has 1 atom stereocenters. The first-order chi connectivity index (χ1) is 12.7. The normalized spacial score (nSPS) is 13.1. The van der Waals surface area contributed by atoms with E-state index in [0.29, 0.717) is 0 Å². The van der Waals surface area contributed by atoms with Gasteiger partial charge in [-0.1, -0.05) is 0 Å². The quantitative estimate of drug-likeness (QED) is 0.403. The van der Waals surface area contributed by atoms with Gasteiger partial charge in [0.2, 0.25) is 0 Å². The number of halogens is 4. The van der Waals surface area contributed by atoms with Crippen LogP contribution >= 0.6 is 0 Å². The van der Waals surface area contributed by atoms with E-state index >= 15 is 0 Å². The van der Waals surface area contributed by atoms with E-state index in [0.717, 1.165) is 16.7 Å². The molecule has 1 unspecified atom stereocenters. The van der Waals surface area contributed by atoms with Gasteiger partial charge in [0.1, 0.15) is 11.4 Å². The Morgan fingerprint density at radius 2 is 2.07 bits per heavy atom. The van der Waals surface area contributed by atoms with Gasteiger partial charge in [0.25, 0.3) is 5.56 Å². The number of hydrogen-bond acceptors (Lipinski definition) is 4. The highest BCUT2D eigenvalue weighted by Gasteiger charge is 2.29. The monoisotopic (exact) mass is 403 g/mol. The van der Waals surface area contributed by atoms with Crippen LogP contribution in [0.3, 0.4) is 0 Å². The summed E-state index contributed by atoms with van der Waals surface area (Å²) in [6.07, 6.45) is -3.13. The Morgan fingerprint density at radius 1 is 1.33 bits per heavy atom. The minimum Gasteiger partial charge on any atom is -0.609 e. The van der Waals surface area contributed by atoms with E-state index in [-0.39, 0.29) is 27.6 Å². The molecule has 1 aromatic carbocycles. The molecule has 0 spiro atoms. The Bertz CT molecular complexity index is 1030. The van der Waals surface area contributed by atoms with Crippen molar-refractivity contribution in [1.82, 2.24) is 14.5 Å². The highest BCUT2D eigenvalue weighted by molar-refractivity contribution is 7.91. The van der Waals surface area contributed by atoms with Gasteiger partial charge in [0.15, 0.2) is 18.2 Å². The first kappa shape index (κ1) is 19.2. The summed E-state index contributed by atoms with van der Waals surface area (Å²) < 4.78 is 68.6. The van der Waals surface area contributed by atoms with E-state index in [1.165, 1.54) is 18.3 Å². The Balaban J connectivity index is 2.10. The number of ether oxygens (including phenoxy) is 1. The Labute approximate surface area is 153 Å². The van der Waals surface area contributed by atoms with E-state index in [4.69, 9.17) is 0 Å². The number of aromatic amines is 1. The lowest BCUT2D eigenvalue weighted by Gasteiger charge is -2.15. The molecule has 144 valence electrons. The van der Waals surface area contributed by atoms with E-state index in [2.05, 4.69) is 14.7 Å². The first-order valence-corrected chi connectivity index (χ1v) is 9.01. The molecule has 3 aromatic rings. The fraction of sp³-hybridized carbons (Fsp3) is 0.250. The SMILES string of the molecule is CC[S+]([O-])c1nc2[nH]ccc2c(=O)n1-c1ccc(OCC(F)(F)F)c(F)c1. The van der Waals surface area contributed by atoms with Crippen LogP contribution < -0.4 is 10.3 Å². The average molecular weight is 403 g/mol. The zero-order chi connectivity index (χ0) is 19.8. The third kappa shape index (κ3) is 3.93. The predicted octanol–water partition coefficient (Wildman–Crippen LogP) is 2.92. The van der Waals surface area contributed by atoms with Crippen molar-refractivity contribution < 1.29 is 26.9 Å². The lowest BCUT2D eigenvalue weighted by Crippen LogP contribution is -2.27. The van der Waals surface area contributed by atoms with Gasteiger partial charge in [-0.3, -0.25) is 4.79 Å². The van der Waals surface area contributed by atoms with Gasteiger partial charge in [-0.05, 0) is 25.1 Å². The van der Waals surface area contributed by atoms with Crippen molar-refractivity contribution in [2.24, 2.45) is 0 Å². The topological polar surface area (TPSA) is 83.0 Å². The van der Waals surface area contributed by atoms with Gasteiger partial charge in [-0.15, -0.1) is 0 Å². The van der Waals surface area contributed by atoms with Crippen molar-refractivity contribution >= 4 is 22.2 Å². The van der Waals surface area contributed by atoms with Gasteiger partial charge in [-0.25, -0.2) is 8.96 Å². The molecular weight excluding hydrogens is 390 g/mol. The van der Waals surface area contributed by atoms with Crippen LogP contribution in [0.15, 0.2) is 40.4 Å². The summed E-state index contributed by atoms with van der Waals surface area (Å²) >= 11 is -1.65. The van der Waals surface area contributed by atoms with Crippen LogP contribution in [-0.4, -0.2) is 37.6 Å². The lowest BCUT2D eigenvalue weighted by molar-refractivity contribution is -0.153. The molecule has 0 radical (unpaired) electrons. The zero-order valence-electron chi connectivity index (χ0n) is 13.8. The maximum Gasteiger partial charge on any atom is 0.422 e. The second-order valence-corrected chi connectivity index (χ2v) is 7.06. The third-order valence-corrected chi connectivity index (χ3v) is 4.79. The summed E-state index contributed by atoms with van der Waals surface area (Å²) in [5, 5.41) is 0.102. The number of nitrogens with one attached hydrogen (secondary N) is 1. The van der Waals surface area contributed by atoms with Crippen LogP contribution in [0.1, 0.15) is 6.92 Å². The van der Waals surface area contributed by atoms with Crippen molar-refractivity contribution in [3.8, 4) is 11.4 Å². The zero-order valence-corrected chi connectivity index (χ0v) is 14.7. The van der Waals surface area contributed by atoms with Crippen LogP contribution in [0.25, 0.3) is 16.7 Å². The highest BCUT2D eigenvalue weighted by Crippen LogP contribution is 2.25. The molecule has 0 saturated carbocycles. The van der Waals surface area contributed by atoms with Crippen molar-refractivity contribution in [2.45, 2.75) is 18.3 Å². The van der Waals surface area contributed by atoms with Gasteiger partial charge >= 0.3 is 11.3 Å². The number of rotatable bonds is 5. The van der Waals surface area contributed by atoms with E-state index in [1.807, 2.05) is 0 Å². The smallest absolute Gasteiger partial charge is 0.422 e. The molecule has 0 fully saturated rings. The molecule has 3 rings (SSSR count). The maximum atomic E-state index is 14.2. The number of hydrogen-bond donors (Lipinski definition) is 1. The summed E-state index contributed by atoms with van der Waals surface area (Å²) in [6, 6.07) is 4.48. The van der Waals surface area contributed by atoms with E-state index in [1.54, 1.807) is 6.92 Å². The average Bonchev–Trinajstić information content (AvgIpc) is 3.08. The summed E-state index contributed by atoms with van der Waals surface area (Å²) in [6.45, 7) is -0.0225. The Morgan fingerprint density at radius 3 is 2.70 bits per heavy atom. The molecule has 0 saturated heterocycles. The second-order valence-electron chi connectivity index (χ2n) is 5.43. The minimum atomic E-state index is -4.61. The fourth-order valence-corrected chi connectivity index (χ4v) is 3.24. The summed E-state index contributed by atoms with van der Waals surface area (Å²) in [7, 11) is 0. The van der Waals surface area contributed by atoms with Crippen molar-refractivity contribution in [1.29, 1.82) is 0 Å². The van der Waals surface area contributed by atoms with Gasteiger partial charge in [-0.2, -0.15) is 18.2 Å².